The maximum atomic E-state index is 11.1. The number of carbonyl (C=O) groups excluding carboxylic acids is 1. The number of aldehydes is 1. The number of halogens is 1. The van der Waals surface area contributed by atoms with Crippen molar-refractivity contribution in [1.29, 1.82) is 0 Å². The number of carbonyl (C=O) groups is 1. The molecule has 0 saturated carbocycles. The van der Waals surface area contributed by atoms with E-state index in [4.69, 9.17) is 21.4 Å². The van der Waals surface area contributed by atoms with Crippen LogP contribution in [0.15, 0.2) is 18.3 Å². The molecule has 0 aromatic carbocycles. The lowest BCUT2D eigenvalue weighted by Crippen LogP contribution is -2.02. The van der Waals surface area contributed by atoms with Gasteiger partial charge in [0.2, 0.25) is 5.88 Å². The van der Waals surface area contributed by atoms with Gasteiger partial charge in [0, 0.05) is 17.8 Å². The molecule has 7 heteroatoms. The summed E-state index contributed by atoms with van der Waals surface area (Å²) in [5.41, 5.74) is 1.14. The van der Waals surface area contributed by atoms with Crippen molar-refractivity contribution in [2.24, 2.45) is 0 Å². The molecule has 6 nitrogen and oxygen atoms in total. The molecule has 0 aliphatic heterocycles. The van der Waals surface area contributed by atoms with Crippen molar-refractivity contribution in [3.63, 3.8) is 0 Å². The standard InChI is InChI=1S/C12H10ClN3O3/c1-7-12(9(6-18)8(5-17)4-14-7)19-11-3-2-10(13)15-16-11/h2-4,6,17H,5H2,1H3. The third-order valence-electron chi connectivity index (χ3n) is 2.44. The smallest absolute Gasteiger partial charge is 0.239 e. The lowest BCUT2D eigenvalue weighted by molar-refractivity contribution is 0.111. The molecule has 0 fully saturated rings. The Bertz CT molecular complexity index is 602. The van der Waals surface area contributed by atoms with Crippen molar-refractivity contribution < 1.29 is 14.6 Å². The largest absolute Gasteiger partial charge is 0.435 e. The van der Waals surface area contributed by atoms with E-state index in [9.17, 15) is 4.79 Å². The van der Waals surface area contributed by atoms with E-state index in [1.165, 1.54) is 18.3 Å². The van der Waals surface area contributed by atoms with E-state index in [0.29, 0.717) is 17.5 Å². The van der Waals surface area contributed by atoms with E-state index >= 15 is 0 Å². The predicted molar refractivity (Wildman–Crippen MR) is 67.4 cm³/mol. The molecule has 0 unspecified atom stereocenters. The molecule has 0 amide bonds. The summed E-state index contributed by atoms with van der Waals surface area (Å²) >= 11 is 5.62. The minimum absolute atomic E-state index is 0.187. The zero-order chi connectivity index (χ0) is 13.8. The van der Waals surface area contributed by atoms with Crippen LogP contribution in [0, 0.1) is 6.92 Å². The van der Waals surface area contributed by atoms with E-state index in [1.54, 1.807) is 6.92 Å². The lowest BCUT2D eigenvalue weighted by atomic mass is 10.1. The third-order valence-corrected chi connectivity index (χ3v) is 2.64. The topological polar surface area (TPSA) is 85.2 Å². The van der Waals surface area contributed by atoms with Crippen LogP contribution in [0.2, 0.25) is 5.15 Å². The molecule has 19 heavy (non-hydrogen) atoms. The summed E-state index contributed by atoms with van der Waals surface area (Å²) in [6, 6.07) is 3.04. The molecule has 0 aliphatic carbocycles. The fourth-order valence-electron chi connectivity index (χ4n) is 1.49. The Morgan fingerprint density at radius 2 is 2.21 bits per heavy atom. The lowest BCUT2D eigenvalue weighted by Gasteiger charge is -2.11. The zero-order valence-electron chi connectivity index (χ0n) is 10.00. The summed E-state index contributed by atoms with van der Waals surface area (Å²) in [6.07, 6.45) is 2.04. The second-order valence-electron chi connectivity index (χ2n) is 3.68. The first-order valence-corrected chi connectivity index (χ1v) is 5.75. The fourth-order valence-corrected chi connectivity index (χ4v) is 1.59. The Kier molecular flexibility index (Phi) is 4.03. The highest BCUT2D eigenvalue weighted by Gasteiger charge is 2.14. The number of aliphatic hydroxyl groups excluding tert-OH is 1. The second-order valence-corrected chi connectivity index (χ2v) is 4.07. The number of ether oxygens (including phenoxy) is 1. The van der Waals surface area contributed by atoms with Crippen LogP contribution < -0.4 is 4.74 Å². The quantitative estimate of drug-likeness (QED) is 0.861. The fraction of sp³-hybridized carbons (Fsp3) is 0.167. The SMILES string of the molecule is Cc1ncc(CO)c(C=O)c1Oc1ccc(Cl)nn1. The molecular formula is C12H10ClN3O3. The Morgan fingerprint density at radius 3 is 2.79 bits per heavy atom. The van der Waals surface area contributed by atoms with Crippen LogP contribution in [0.3, 0.4) is 0 Å². The highest BCUT2D eigenvalue weighted by molar-refractivity contribution is 6.29. The number of nitrogens with zero attached hydrogens (tertiary/aromatic N) is 3. The van der Waals surface area contributed by atoms with Gasteiger partial charge in [0.25, 0.3) is 0 Å². The molecule has 0 saturated heterocycles. The average Bonchev–Trinajstić information content (AvgIpc) is 2.43. The van der Waals surface area contributed by atoms with Crippen LogP contribution in [0.25, 0.3) is 0 Å². The van der Waals surface area contributed by atoms with Crippen LogP contribution in [0.4, 0.5) is 0 Å². The zero-order valence-corrected chi connectivity index (χ0v) is 10.8. The molecule has 0 aliphatic rings. The summed E-state index contributed by atoms with van der Waals surface area (Å²) in [6.45, 7) is 1.39. The molecule has 0 radical (unpaired) electrons. The average molecular weight is 280 g/mol. The Labute approximate surface area is 114 Å². The van der Waals surface area contributed by atoms with Gasteiger partial charge in [-0.05, 0) is 13.0 Å². The number of aryl methyl sites for hydroxylation is 1. The van der Waals surface area contributed by atoms with Crippen LogP contribution in [0.1, 0.15) is 21.6 Å². The van der Waals surface area contributed by atoms with E-state index in [-0.39, 0.29) is 29.0 Å². The molecule has 2 heterocycles. The molecule has 98 valence electrons. The summed E-state index contributed by atoms with van der Waals surface area (Å²) in [5.74, 6) is 0.436. The second kappa shape index (κ2) is 5.73. The maximum Gasteiger partial charge on any atom is 0.239 e. The molecule has 2 aromatic rings. The van der Waals surface area contributed by atoms with Gasteiger partial charge in [-0.1, -0.05) is 11.6 Å². The van der Waals surface area contributed by atoms with Crippen LogP contribution in [-0.2, 0) is 6.61 Å². The highest BCUT2D eigenvalue weighted by atomic mass is 35.5. The molecule has 2 rings (SSSR count). The molecule has 0 spiro atoms. The summed E-state index contributed by atoms with van der Waals surface area (Å²) in [7, 11) is 0. The summed E-state index contributed by atoms with van der Waals surface area (Å²) < 4.78 is 5.49. The van der Waals surface area contributed by atoms with E-state index in [1.807, 2.05) is 0 Å². The van der Waals surface area contributed by atoms with Crippen LogP contribution in [-0.4, -0.2) is 26.6 Å². The third kappa shape index (κ3) is 2.86. The van der Waals surface area contributed by atoms with Gasteiger partial charge in [-0.15, -0.1) is 10.2 Å². The molecule has 2 aromatic heterocycles. The highest BCUT2D eigenvalue weighted by Crippen LogP contribution is 2.28. The summed E-state index contributed by atoms with van der Waals surface area (Å²) in [5, 5.41) is 16.8. The molecule has 0 bridgehead atoms. The monoisotopic (exact) mass is 279 g/mol. The van der Waals surface area contributed by atoms with Crippen molar-refractivity contribution in [2.45, 2.75) is 13.5 Å². The van der Waals surface area contributed by atoms with Crippen molar-refractivity contribution in [1.82, 2.24) is 15.2 Å². The van der Waals surface area contributed by atoms with E-state index in [2.05, 4.69) is 15.2 Å². The minimum atomic E-state index is -0.302. The van der Waals surface area contributed by atoms with Gasteiger partial charge in [0.1, 0.15) is 0 Å². The number of hydrogen-bond acceptors (Lipinski definition) is 6. The van der Waals surface area contributed by atoms with Crippen molar-refractivity contribution in [3.8, 4) is 11.6 Å². The molecular weight excluding hydrogens is 270 g/mol. The number of aromatic nitrogens is 3. The minimum Gasteiger partial charge on any atom is -0.435 e. The summed E-state index contributed by atoms with van der Waals surface area (Å²) in [4.78, 5) is 15.2. The normalized spacial score (nSPS) is 10.3. The van der Waals surface area contributed by atoms with E-state index < -0.39 is 0 Å². The van der Waals surface area contributed by atoms with Crippen molar-refractivity contribution >= 4 is 17.9 Å². The number of rotatable bonds is 4. The number of aliphatic hydroxyl groups is 1. The number of pyridine rings is 1. The first-order chi connectivity index (χ1) is 9.15. The van der Waals surface area contributed by atoms with Crippen LogP contribution >= 0.6 is 11.6 Å². The molecule has 1 N–H and O–H groups in total. The van der Waals surface area contributed by atoms with Gasteiger partial charge in [-0.3, -0.25) is 9.78 Å². The number of hydrogen-bond donors (Lipinski definition) is 1. The Morgan fingerprint density at radius 1 is 1.42 bits per heavy atom. The van der Waals surface area contributed by atoms with E-state index in [0.717, 1.165) is 0 Å². The van der Waals surface area contributed by atoms with Crippen molar-refractivity contribution in [2.75, 3.05) is 0 Å². The van der Waals surface area contributed by atoms with Gasteiger partial charge < -0.3 is 9.84 Å². The Balaban J connectivity index is 2.43. The first-order valence-electron chi connectivity index (χ1n) is 5.37. The maximum absolute atomic E-state index is 11.1. The first kappa shape index (κ1) is 13.4. The molecule has 0 atom stereocenters. The van der Waals surface area contributed by atoms with Crippen LogP contribution in [0.5, 0.6) is 11.6 Å². The predicted octanol–water partition coefficient (Wildman–Crippen LogP) is 1.93. The van der Waals surface area contributed by atoms with Crippen molar-refractivity contribution in [3.05, 3.63) is 40.3 Å². The van der Waals surface area contributed by atoms with Gasteiger partial charge in [0.15, 0.2) is 17.2 Å². The van der Waals surface area contributed by atoms with Gasteiger partial charge in [-0.2, -0.15) is 0 Å². The van der Waals surface area contributed by atoms with Gasteiger partial charge in [0.05, 0.1) is 17.9 Å². The van der Waals surface area contributed by atoms with Gasteiger partial charge >= 0.3 is 0 Å². The Hall–Kier alpha value is -2.05. The van der Waals surface area contributed by atoms with Gasteiger partial charge in [-0.25, -0.2) is 0 Å².